The smallest absolute Gasteiger partial charge is 0.337 e. The van der Waals surface area contributed by atoms with E-state index in [0.29, 0.717) is 24.2 Å². The van der Waals surface area contributed by atoms with Gasteiger partial charge in [-0.2, -0.15) is 0 Å². The van der Waals surface area contributed by atoms with Gasteiger partial charge in [-0.25, -0.2) is 4.79 Å². The van der Waals surface area contributed by atoms with Crippen molar-refractivity contribution in [3.63, 3.8) is 0 Å². The second kappa shape index (κ2) is 6.67. The second-order valence-electron chi connectivity index (χ2n) is 6.65. The maximum absolute atomic E-state index is 11.9. The number of hydrogen-bond acceptors (Lipinski definition) is 3. The van der Waals surface area contributed by atoms with Crippen molar-refractivity contribution in [1.29, 1.82) is 0 Å². The molecule has 3 aromatic rings. The van der Waals surface area contributed by atoms with Gasteiger partial charge in [0.15, 0.2) is 0 Å². The number of fused-ring (bicyclic) bond motifs is 3. The van der Waals surface area contributed by atoms with E-state index in [9.17, 15) is 15.1 Å². The monoisotopic (exact) mass is 348 g/mol. The zero-order valence-electron chi connectivity index (χ0n) is 14.4. The number of carbonyl (C=O) groups is 1. The summed E-state index contributed by atoms with van der Waals surface area (Å²) in [6.07, 6.45) is 3.49. The molecule has 0 spiro atoms. The van der Waals surface area contributed by atoms with E-state index >= 15 is 0 Å². The average Bonchev–Trinajstić information content (AvgIpc) is 2.82. The molecule has 0 saturated carbocycles. The standard InChI is InChI=1S/C21H20N2O3/c24-21(25)16-10-6-9-15-19-17(22-26)11-4-5-12-18(19)23(20(15)16)13-14-7-2-1-3-8-14/h1-3,6-10,26H,4-5,11-13H2,(H,24,25)/b22-17-. The third kappa shape index (κ3) is 2.65. The number of carboxylic acids is 1. The molecule has 0 aliphatic heterocycles. The van der Waals surface area contributed by atoms with E-state index < -0.39 is 5.97 Å². The molecule has 0 saturated heterocycles. The van der Waals surface area contributed by atoms with Crippen LogP contribution in [0, 0.1) is 0 Å². The lowest BCUT2D eigenvalue weighted by Crippen LogP contribution is -2.08. The Kier molecular flexibility index (Phi) is 4.21. The van der Waals surface area contributed by atoms with Crippen LogP contribution in [-0.4, -0.2) is 26.6 Å². The van der Waals surface area contributed by atoms with Crippen LogP contribution in [0.3, 0.4) is 0 Å². The minimum atomic E-state index is -0.944. The lowest BCUT2D eigenvalue weighted by molar-refractivity contribution is 0.0698. The largest absolute Gasteiger partial charge is 0.478 e. The molecule has 1 aromatic heterocycles. The second-order valence-corrected chi connectivity index (χ2v) is 6.65. The Hall–Kier alpha value is -3.08. The SMILES string of the molecule is O=C(O)c1cccc2c3c(n(Cc4ccccc4)c12)CCCC/C3=N/O. The molecule has 1 aliphatic rings. The molecule has 0 fully saturated rings. The van der Waals surface area contributed by atoms with Crippen LogP contribution in [0.5, 0.6) is 0 Å². The molecule has 5 nitrogen and oxygen atoms in total. The fourth-order valence-corrected chi connectivity index (χ4v) is 3.97. The number of rotatable bonds is 3. The van der Waals surface area contributed by atoms with E-state index in [1.807, 2.05) is 36.4 Å². The van der Waals surface area contributed by atoms with E-state index in [4.69, 9.17) is 0 Å². The number of aromatic nitrogens is 1. The molecule has 5 heteroatoms. The molecule has 26 heavy (non-hydrogen) atoms. The highest BCUT2D eigenvalue weighted by atomic mass is 16.4. The van der Waals surface area contributed by atoms with Gasteiger partial charge in [-0.1, -0.05) is 47.6 Å². The Morgan fingerprint density at radius 3 is 2.54 bits per heavy atom. The van der Waals surface area contributed by atoms with Crippen LogP contribution in [0.1, 0.15) is 46.4 Å². The van der Waals surface area contributed by atoms with Crippen LogP contribution in [-0.2, 0) is 13.0 Å². The molecule has 0 bridgehead atoms. The number of para-hydroxylation sites is 1. The third-order valence-corrected chi connectivity index (χ3v) is 5.09. The quantitative estimate of drug-likeness (QED) is 0.421. The lowest BCUT2D eigenvalue weighted by Gasteiger charge is -2.12. The van der Waals surface area contributed by atoms with Crippen molar-refractivity contribution in [2.24, 2.45) is 5.16 Å². The van der Waals surface area contributed by atoms with Gasteiger partial charge in [-0.3, -0.25) is 0 Å². The molecule has 2 N–H and O–H groups in total. The molecule has 0 atom stereocenters. The van der Waals surface area contributed by atoms with Crippen LogP contribution in [0.15, 0.2) is 53.7 Å². The summed E-state index contributed by atoms with van der Waals surface area (Å²) in [5.41, 5.74) is 4.71. The van der Waals surface area contributed by atoms with Crippen molar-refractivity contribution in [1.82, 2.24) is 4.57 Å². The highest BCUT2D eigenvalue weighted by molar-refractivity contribution is 6.15. The van der Waals surface area contributed by atoms with Crippen LogP contribution >= 0.6 is 0 Å². The summed E-state index contributed by atoms with van der Waals surface area (Å²) in [7, 11) is 0. The minimum Gasteiger partial charge on any atom is -0.478 e. The Bertz CT molecular complexity index is 1000. The molecule has 0 unspecified atom stereocenters. The molecule has 0 amide bonds. The Morgan fingerprint density at radius 2 is 1.81 bits per heavy atom. The zero-order chi connectivity index (χ0) is 18.1. The summed E-state index contributed by atoms with van der Waals surface area (Å²) in [6.45, 7) is 0.593. The average molecular weight is 348 g/mol. The predicted molar refractivity (Wildman–Crippen MR) is 100 cm³/mol. The third-order valence-electron chi connectivity index (χ3n) is 5.09. The van der Waals surface area contributed by atoms with Gasteiger partial charge in [-0.15, -0.1) is 0 Å². The van der Waals surface area contributed by atoms with Crippen molar-refractivity contribution in [2.45, 2.75) is 32.2 Å². The van der Waals surface area contributed by atoms with Gasteiger partial charge in [0.2, 0.25) is 0 Å². The number of aromatic carboxylic acids is 1. The van der Waals surface area contributed by atoms with Crippen molar-refractivity contribution in [2.75, 3.05) is 0 Å². The van der Waals surface area contributed by atoms with Crippen molar-refractivity contribution >= 4 is 22.6 Å². The van der Waals surface area contributed by atoms with Gasteiger partial charge in [0.25, 0.3) is 0 Å². The summed E-state index contributed by atoms with van der Waals surface area (Å²) in [6, 6.07) is 15.4. The lowest BCUT2D eigenvalue weighted by atomic mass is 10.0. The van der Waals surface area contributed by atoms with Gasteiger partial charge in [0.05, 0.1) is 16.8 Å². The van der Waals surface area contributed by atoms with E-state index in [0.717, 1.165) is 41.5 Å². The Balaban J connectivity index is 2.05. The first-order chi connectivity index (χ1) is 12.7. The van der Waals surface area contributed by atoms with Gasteiger partial charge >= 0.3 is 5.97 Å². The van der Waals surface area contributed by atoms with Crippen LogP contribution in [0.25, 0.3) is 10.9 Å². The molecular weight excluding hydrogens is 328 g/mol. The molecule has 0 radical (unpaired) electrons. The summed E-state index contributed by atoms with van der Waals surface area (Å²) >= 11 is 0. The van der Waals surface area contributed by atoms with Crippen molar-refractivity contribution in [3.8, 4) is 0 Å². The summed E-state index contributed by atoms with van der Waals surface area (Å²) in [4.78, 5) is 11.9. The minimum absolute atomic E-state index is 0.281. The highest BCUT2D eigenvalue weighted by Crippen LogP contribution is 2.34. The maximum Gasteiger partial charge on any atom is 0.337 e. The van der Waals surface area contributed by atoms with Gasteiger partial charge in [-0.05, 0) is 37.3 Å². The zero-order valence-corrected chi connectivity index (χ0v) is 14.4. The first-order valence-electron chi connectivity index (χ1n) is 8.83. The van der Waals surface area contributed by atoms with Crippen LogP contribution in [0.4, 0.5) is 0 Å². The molecule has 1 aliphatic carbocycles. The Morgan fingerprint density at radius 1 is 1.04 bits per heavy atom. The van der Waals surface area contributed by atoms with E-state index in [1.54, 1.807) is 12.1 Å². The molecule has 2 aromatic carbocycles. The fraction of sp³-hybridized carbons (Fsp3) is 0.238. The number of nitrogens with zero attached hydrogens (tertiary/aromatic N) is 2. The van der Waals surface area contributed by atoms with Crippen LogP contribution < -0.4 is 0 Å². The molecule has 1 heterocycles. The normalized spacial score (nSPS) is 15.8. The number of oxime groups is 1. The Labute approximate surface area is 151 Å². The first-order valence-corrected chi connectivity index (χ1v) is 8.83. The molecular formula is C21H20N2O3. The highest BCUT2D eigenvalue weighted by Gasteiger charge is 2.26. The summed E-state index contributed by atoms with van der Waals surface area (Å²) in [5, 5.41) is 23.7. The summed E-state index contributed by atoms with van der Waals surface area (Å²) in [5.74, 6) is -0.944. The van der Waals surface area contributed by atoms with Crippen LogP contribution in [0.2, 0.25) is 0 Å². The van der Waals surface area contributed by atoms with E-state index in [-0.39, 0.29) is 5.56 Å². The topological polar surface area (TPSA) is 74.8 Å². The van der Waals surface area contributed by atoms with Crippen molar-refractivity contribution < 1.29 is 15.1 Å². The van der Waals surface area contributed by atoms with Crippen molar-refractivity contribution in [3.05, 3.63) is 70.9 Å². The van der Waals surface area contributed by atoms with E-state index in [2.05, 4.69) is 9.72 Å². The number of carboxylic acid groups (broad SMARTS) is 1. The molecule has 4 rings (SSSR count). The van der Waals surface area contributed by atoms with Gasteiger partial charge in [0.1, 0.15) is 0 Å². The van der Waals surface area contributed by atoms with Gasteiger partial charge in [0, 0.05) is 23.2 Å². The first kappa shape index (κ1) is 16.4. The number of benzene rings is 2. The maximum atomic E-state index is 11.9. The fourth-order valence-electron chi connectivity index (χ4n) is 3.97. The predicted octanol–water partition coefficient (Wildman–Crippen LogP) is 4.29. The van der Waals surface area contributed by atoms with Gasteiger partial charge < -0.3 is 14.9 Å². The molecule has 132 valence electrons. The number of hydrogen-bond donors (Lipinski definition) is 2. The summed E-state index contributed by atoms with van der Waals surface area (Å²) < 4.78 is 2.10. The van der Waals surface area contributed by atoms with E-state index in [1.165, 1.54) is 0 Å².